The second-order valence-corrected chi connectivity index (χ2v) is 8.21. The quantitative estimate of drug-likeness (QED) is 0.814. The van der Waals surface area contributed by atoms with Crippen LogP contribution in [0.5, 0.6) is 0 Å². The highest BCUT2D eigenvalue weighted by Crippen LogP contribution is 2.32. The number of likely N-dealkylation sites (tertiary alicyclic amines) is 1. The molecule has 1 saturated heterocycles. The fraction of sp³-hybridized carbons (Fsp3) is 0.522. The number of benzene rings is 1. The van der Waals surface area contributed by atoms with Crippen LogP contribution in [0.4, 0.5) is 0 Å². The zero-order valence-corrected chi connectivity index (χ0v) is 17.0. The number of rotatable bonds is 4. The van der Waals surface area contributed by atoms with E-state index in [9.17, 15) is 4.79 Å². The van der Waals surface area contributed by atoms with E-state index in [1.165, 1.54) is 18.4 Å². The average Bonchev–Trinajstić information content (AvgIpc) is 2.74. The Bertz CT molecular complexity index is 823. The van der Waals surface area contributed by atoms with E-state index in [2.05, 4.69) is 42.2 Å². The lowest BCUT2D eigenvalue weighted by Crippen LogP contribution is -2.38. The first-order valence-corrected chi connectivity index (χ1v) is 10.5. The van der Waals surface area contributed by atoms with Gasteiger partial charge in [0, 0.05) is 44.7 Å². The number of aromatic nitrogens is 2. The van der Waals surface area contributed by atoms with Crippen LogP contribution in [-0.4, -0.2) is 45.3 Å². The minimum absolute atomic E-state index is 0.128. The van der Waals surface area contributed by atoms with Gasteiger partial charge in [0.25, 0.3) is 0 Å². The third kappa shape index (κ3) is 4.09. The number of carbonyl (C=O) groups excluding carboxylic acids is 1. The van der Waals surface area contributed by atoms with E-state index >= 15 is 0 Å². The number of hydrogen-bond donors (Lipinski definition) is 0. The standard InChI is InChI=1S/C23H30N4O/c1-17(19-8-4-3-5-9-19)15-27-12-7-6-10-22(27)23-24-14-20-16-26(18(2)28)13-11-21(20)25-23/h3-5,8-9,14,17,22H,6-7,10-13,15-16H2,1-2H3/t17-,22+/m1/s1. The predicted octanol–water partition coefficient (Wildman–Crippen LogP) is 3.71. The smallest absolute Gasteiger partial charge is 0.219 e. The summed E-state index contributed by atoms with van der Waals surface area (Å²) in [6.45, 7) is 7.50. The van der Waals surface area contributed by atoms with Crippen LogP contribution in [0.25, 0.3) is 0 Å². The Morgan fingerprint density at radius 2 is 2.04 bits per heavy atom. The van der Waals surface area contributed by atoms with E-state index in [-0.39, 0.29) is 5.91 Å². The van der Waals surface area contributed by atoms with Crippen LogP contribution in [-0.2, 0) is 17.8 Å². The molecule has 2 atom stereocenters. The lowest BCUT2D eigenvalue weighted by Gasteiger charge is -2.37. The number of piperidine rings is 1. The molecular weight excluding hydrogens is 348 g/mol. The Balaban J connectivity index is 1.51. The van der Waals surface area contributed by atoms with Crippen molar-refractivity contribution in [2.75, 3.05) is 19.6 Å². The van der Waals surface area contributed by atoms with Gasteiger partial charge < -0.3 is 4.90 Å². The molecule has 1 aromatic heterocycles. The number of carbonyl (C=O) groups is 1. The van der Waals surface area contributed by atoms with Crippen molar-refractivity contribution in [2.45, 2.75) is 58.0 Å². The highest BCUT2D eigenvalue weighted by molar-refractivity contribution is 5.73. The second kappa shape index (κ2) is 8.39. The second-order valence-electron chi connectivity index (χ2n) is 8.21. The lowest BCUT2D eigenvalue weighted by molar-refractivity contribution is -0.129. The van der Waals surface area contributed by atoms with Gasteiger partial charge >= 0.3 is 0 Å². The van der Waals surface area contributed by atoms with E-state index in [0.29, 0.717) is 18.5 Å². The van der Waals surface area contributed by atoms with E-state index in [1.54, 1.807) is 6.92 Å². The van der Waals surface area contributed by atoms with Crippen molar-refractivity contribution in [3.8, 4) is 0 Å². The molecule has 5 heteroatoms. The number of nitrogens with zero attached hydrogens (tertiary/aromatic N) is 4. The van der Waals surface area contributed by atoms with Crippen LogP contribution in [0.15, 0.2) is 36.5 Å². The molecule has 2 aromatic rings. The molecule has 0 radical (unpaired) electrons. The van der Waals surface area contributed by atoms with Crippen molar-refractivity contribution in [1.82, 2.24) is 19.8 Å². The van der Waals surface area contributed by atoms with Crippen molar-refractivity contribution in [3.63, 3.8) is 0 Å². The van der Waals surface area contributed by atoms with Crippen LogP contribution < -0.4 is 0 Å². The molecular formula is C23H30N4O. The van der Waals surface area contributed by atoms with Gasteiger partial charge in [0.15, 0.2) is 0 Å². The third-order valence-corrected chi connectivity index (χ3v) is 6.19. The normalized spacial score (nSPS) is 21.2. The first kappa shape index (κ1) is 19.1. The molecule has 2 aliphatic rings. The summed E-state index contributed by atoms with van der Waals surface area (Å²) in [6.07, 6.45) is 6.40. The van der Waals surface area contributed by atoms with Gasteiger partial charge in [0.1, 0.15) is 5.82 Å². The van der Waals surface area contributed by atoms with Crippen LogP contribution in [0.1, 0.15) is 67.7 Å². The van der Waals surface area contributed by atoms with Gasteiger partial charge in [0.05, 0.1) is 11.7 Å². The van der Waals surface area contributed by atoms with Crippen LogP contribution >= 0.6 is 0 Å². The highest BCUT2D eigenvalue weighted by atomic mass is 16.2. The lowest BCUT2D eigenvalue weighted by atomic mass is 9.96. The van der Waals surface area contributed by atoms with Crippen LogP contribution in [0, 0.1) is 0 Å². The van der Waals surface area contributed by atoms with Crippen molar-refractivity contribution in [1.29, 1.82) is 0 Å². The predicted molar refractivity (Wildman–Crippen MR) is 110 cm³/mol. The maximum atomic E-state index is 11.7. The number of amides is 1. The first-order chi connectivity index (χ1) is 13.6. The molecule has 4 rings (SSSR count). The molecule has 1 aromatic carbocycles. The molecule has 148 valence electrons. The zero-order valence-electron chi connectivity index (χ0n) is 17.0. The van der Waals surface area contributed by atoms with Gasteiger partial charge in [-0.05, 0) is 30.9 Å². The Hall–Kier alpha value is -2.27. The average molecular weight is 379 g/mol. The molecule has 2 aliphatic heterocycles. The minimum atomic E-state index is 0.128. The van der Waals surface area contributed by atoms with Gasteiger partial charge in [-0.1, -0.05) is 43.7 Å². The molecule has 28 heavy (non-hydrogen) atoms. The van der Waals surface area contributed by atoms with E-state index in [4.69, 9.17) is 9.97 Å². The van der Waals surface area contributed by atoms with Gasteiger partial charge in [-0.15, -0.1) is 0 Å². The summed E-state index contributed by atoms with van der Waals surface area (Å²) in [5.41, 5.74) is 3.62. The van der Waals surface area contributed by atoms with E-state index in [0.717, 1.165) is 49.6 Å². The summed E-state index contributed by atoms with van der Waals surface area (Å²) in [4.78, 5) is 25.8. The Morgan fingerprint density at radius 3 is 2.82 bits per heavy atom. The van der Waals surface area contributed by atoms with Crippen molar-refractivity contribution in [2.24, 2.45) is 0 Å². The molecule has 0 unspecified atom stereocenters. The van der Waals surface area contributed by atoms with E-state index < -0.39 is 0 Å². The van der Waals surface area contributed by atoms with Gasteiger partial charge in [-0.2, -0.15) is 0 Å². The molecule has 0 aliphatic carbocycles. The van der Waals surface area contributed by atoms with Gasteiger partial charge in [-0.25, -0.2) is 9.97 Å². The van der Waals surface area contributed by atoms with Crippen LogP contribution in [0.2, 0.25) is 0 Å². The van der Waals surface area contributed by atoms with Crippen molar-refractivity contribution >= 4 is 5.91 Å². The topological polar surface area (TPSA) is 49.3 Å². The van der Waals surface area contributed by atoms with Gasteiger partial charge in [0.2, 0.25) is 5.91 Å². The summed E-state index contributed by atoms with van der Waals surface area (Å²) >= 11 is 0. The van der Waals surface area contributed by atoms with Gasteiger partial charge in [-0.3, -0.25) is 9.69 Å². The Morgan fingerprint density at radius 1 is 1.21 bits per heavy atom. The monoisotopic (exact) mass is 378 g/mol. The summed E-state index contributed by atoms with van der Waals surface area (Å²) in [5, 5.41) is 0. The van der Waals surface area contributed by atoms with Crippen molar-refractivity contribution in [3.05, 3.63) is 59.2 Å². The Kier molecular flexibility index (Phi) is 5.72. The summed E-state index contributed by atoms with van der Waals surface area (Å²) in [6, 6.07) is 11.1. The molecule has 0 bridgehead atoms. The molecule has 0 N–H and O–H groups in total. The van der Waals surface area contributed by atoms with Crippen LogP contribution in [0.3, 0.4) is 0 Å². The summed E-state index contributed by atoms with van der Waals surface area (Å²) < 4.78 is 0. The minimum Gasteiger partial charge on any atom is -0.338 e. The Labute approximate surface area is 167 Å². The van der Waals surface area contributed by atoms with E-state index in [1.807, 2.05) is 11.1 Å². The summed E-state index contributed by atoms with van der Waals surface area (Å²) in [5.74, 6) is 1.58. The first-order valence-electron chi connectivity index (χ1n) is 10.5. The molecule has 5 nitrogen and oxygen atoms in total. The fourth-order valence-corrected chi connectivity index (χ4v) is 4.50. The molecule has 3 heterocycles. The maximum absolute atomic E-state index is 11.7. The highest BCUT2D eigenvalue weighted by Gasteiger charge is 2.29. The largest absolute Gasteiger partial charge is 0.338 e. The maximum Gasteiger partial charge on any atom is 0.219 e. The molecule has 1 amide bonds. The number of hydrogen-bond acceptors (Lipinski definition) is 4. The SMILES string of the molecule is CC(=O)N1CCc2nc([C@@H]3CCCCN3C[C@@H](C)c3ccccc3)ncc2C1. The zero-order chi connectivity index (χ0) is 19.5. The third-order valence-electron chi connectivity index (χ3n) is 6.19. The van der Waals surface area contributed by atoms with Crippen molar-refractivity contribution < 1.29 is 4.79 Å². The number of fused-ring (bicyclic) bond motifs is 1. The molecule has 0 saturated carbocycles. The fourth-order valence-electron chi connectivity index (χ4n) is 4.50. The molecule has 0 spiro atoms. The summed E-state index contributed by atoms with van der Waals surface area (Å²) in [7, 11) is 0. The molecule has 1 fully saturated rings.